The number of nitrogens with one attached hydrogen (secondary N) is 1. The molecule has 1 N–H and O–H groups in total. The van der Waals surface area contributed by atoms with E-state index in [2.05, 4.69) is 17.0 Å². The Labute approximate surface area is 140 Å². The van der Waals surface area contributed by atoms with Gasteiger partial charge in [0.1, 0.15) is 12.4 Å². The van der Waals surface area contributed by atoms with Crippen LogP contribution in [0.3, 0.4) is 0 Å². The zero-order valence-corrected chi connectivity index (χ0v) is 13.5. The van der Waals surface area contributed by atoms with Crippen LogP contribution in [0.4, 0.5) is 5.69 Å². The Hall–Kier alpha value is -3.08. The van der Waals surface area contributed by atoms with Crippen LogP contribution >= 0.6 is 0 Å². The third-order valence-electron chi connectivity index (χ3n) is 3.75. The SMILES string of the molecule is C=C/C=c1/cc(C(=O)NN2CCOc3ccccc32)cn/c1=C\C. The van der Waals surface area contributed by atoms with Crippen LogP contribution in [0, 0.1) is 0 Å². The number of carbonyl (C=O) groups excluding carboxylic acids is 1. The molecule has 24 heavy (non-hydrogen) atoms. The number of benzene rings is 1. The molecule has 0 radical (unpaired) electrons. The number of pyridine rings is 1. The molecule has 1 aromatic carbocycles. The highest BCUT2D eigenvalue weighted by Gasteiger charge is 2.19. The molecule has 0 fully saturated rings. The lowest BCUT2D eigenvalue weighted by molar-refractivity contribution is 0.0944. The van der Waals surface area contributed by atoms with Crippen molar-refractivity contribution in [3.8, 4) is 5.75 Å². The molecular weight excluding hydrogens is 302 g/mol. The summed E-state index contributed by atoms with van der Waals surface area (Å²) >= 11 is 0. The van der Waals surface area contributed by atoms with Crippen molar-refractivity contribution in [1.82, 2.24) is 10.4 Å². The summed E-state index contributed by atoms with van der Waals surface area (Å²) in [6.07, 6.45) is 7.00. The number of fused-ring (bicyclic) bond motifs is 1. The van der Waals surface area contributed by atoms with Gasteiger partial charge in [-0.2, -0.15) is 0 Å². The molecule has 0 spiro atoms. The smallest absolute Gasteiger partial charge is 0.271 e. The van der Waals surface area contributed by atoms with Gasteiger partial charge in [-0.1, -0.05) is 36.9 Å². The van der Waals surface area contributed by atoms with Gasteiger partial charge >= 0.3 is 0 Å². The number of carbonyl (C=O) groups is 1. The summed E-state index contributed by atoms with van der Waals surface area (Å²) in [6, 6.07) is 9.44. The third-order valence-corrected chi connectivity index (χ3v) is 3.75. The number of nitrogens with zero attached hydrogens (tertiary/aromatic N) is 2. The van der Waals surface area contributed by atoms with E-state index in [1.54, 1.807) is 17.3 Å². The molecule has 0 saturated carbocycles. The predicted octanol–water partition coefficient (Wildman–Crippen LogP) is 1.39. The lowest BCUT2D eigenvalue weighted by Crippen LogP contribution is -2.47. The van der Waals surface area contributed by atoms with Gasteiger partial charge in [0.15, 0.2) is 0 Å². The first-order valence-electron chi connectivity index (χ1n) is 7.78. The maximum absolute atomic E-state index is 12.6. The molecule has 0 aliphatic carbocycles. The molecule has 5 heteroatoms. The Morgan fingerprint density at radius 1 is 1.42 bits per heavy atom. The van der Waals surface area contributed by atoms with E-state index in [1.807, 2.05) is 49.4 Å². The van der Waals surface area contributed by atoms with Crippen molar-refractivity contribution < 1.29 is 9.53 Å². The fraction of sp³-hybridized carbons (Fsp3) is 0.158. The first kappa shape index (κ1) is 15.8. The molecule has 3 rings (SSSR count). The number of ether oxygens (including phenoxy) is 1. The van der Waals surface area contributed by atoms with Crippen molar-refractivity contribution >= 4 is 23.7 Å². The van der Waals surface area contributed by atoms with Crippen LogP contribution in [0.2, 0.25) is 0 Å². The molecule has 2 aromatic rings. The van der Waals surface area contributed by atoms with E-state index in [1.165, 1.54) is 0 Å². The maximum Gasteiger partial charge on any atom is 0.271 e. The molecule has 122 valence electrons. The molecular formula is C19H19N3O2. The minimum atomic E-state index is -0.208. The summed E-state index contributed by atoms with van der Waals surface area (Å²) in [7, 11) is 0. The number of amides is 1. The maximum atomic E-state index is 12.6. The average molecular weight is 321 g/mol. The number of aromatic nitrogens is 1. The monoisotopic (exact) mass is 321 g/mol. The number of anilines is 1. The number of para-hydroxylation sites is 2. The summed E-state index contributed by atoms with van der Waals surface area (Å²) in [5.41, 5.74) is 4.27. The van der Waals surface area contributed by atoms with Crippen LogP contribution < -0.4 is 25.7 Å². The molecule has 1 amide bonds. The number of allylic oxidation sites excluding steroid dienone is 1. The zero-order valence-electron chi connectivity index (χ0n) is 13.5. The van der Waals surface area contributed by atoms with Gasteiger partial charge in [0.05, 0.1) is 23.1 Å². The van der Waals surface area contributed by atoms with Crippen LogP contribution in [0.15, 0.2) is 49.2 Å². The van der Waals surface area contributed by atoms with Crippen LogP contribution in [0.5, 0.6) is 5.75 Å². The first-order valence-corrected chi connectivity index (χ1v) is 7.78. The zero-order chi connectivity index (χ0) is 16.9. The first-order chi connectivity index (χ1) is 11.7. The van der Waals surface area contributed by atoms with E-state index in [4.69, 9.17) is 4.74 Å². The van der Waals surface area contributed by atoms with E-state index in [0.717, 1.165) is 22.0 Å². The quantitative estimate of drug-likeness (QED) is 0.928. The molecule has 1 aliphatic rings. The van der Waals surface area contributed by atoms with Gasteiger partial charge in [-0.05, 0) is 25.1 Å². The van der Waals surface area contributed by atoms with E-state index >= 15 is 0 Å². The van der Waals surface area contributed by atoms with Crippen LogP contribution in [-0.2, 0) is 0 Å². The lowest BCUT2D eigenvalue weighted by atomic mass is 10.2. The highest BCUT2D eigenvalue weighted by atomic mass is 16.5. The number of rotatable bonds is 3. The Morgan fingerprint density at radius 3 is 3.04 bits per heavy atom. The van der Waals surface area contributed by atoms with Gasteiger partial charge in [-0.15, -0.1) is 0 Å². The average Bonchev–Trinajstić information content (AvgIpc) is 2.62. The molecule has 2 heterocycles. The normalized spacial score (nSPS) is 14.8. The minimum absolute atomic E-state index is 0.208. The van der Waals surface area contributed by atoms with Gasteiger partial charge in [-0.3, -0.25) is 20.2 Å². The van der Waals surface area contributed by atoms with E-state index in [0.29, 0.717) is 18.7 Å². The lowest BCUT2D eigenvalue weighted by Gasteiger charge is -2.31. The Kier molecular flexibility index (Phi) is 4.61. The topological polar surface area (TPSA) is 54.5 Å². The highest BCUT2D eigenvalue weighted by Crippen LogP contribution is 2.29. The molecule has 0 unspecified atom stereocenters. The van der Waals surface area contributed by atoms with Crippen LogP contribution in [0.25, 0.3) is 12.2 Å². The molecule has 0 saturated heterocycles. The number of hydrogen-bond donors (Lipinski definition) is 1. The van der Waals surface area contributed by atoms with Crippen molar-refractivity contribution in [2.75, 3.05) is 18.2 Å². The van der Waals surface area contributed by atoms with Crippen molar-refractivity contribution in [3.63, 3.8) is 0 Å². The molecule has 1 aromatic heterocycles. The van der Waals surface area contributed by atoms with E-state index in [9.17, 15) is 4.79 Å². The molecule has 0 atom stereocenters. The van der Waals surface area contributed by atoms with Gasteiger partial charge < -0.3 is 4.74 Å². The largest absolute Gasteiger partial charge is 0.489 e. The predicted molar refractivity (Wildman–Crippen MR) is 95.0 cm³/mol. The van der Waals surface area contributed by atoms with Gasteiger partial charge in [0.2, 0.25) is 0 Å². The van der Waals surface area contributed by atoms with Crippen molar-refractivity contribution in [2.24, 2.45) is 0 Å². The van der Waals surface area contributed by atoms with E-state index < -0.39 is 0 Å². The third kappa shape index (κ3) is 3.15. The second-order valence-electron chi connectivity index (χ2n) is 5.30. The second kappa shape index (κ2) is 7.00. The summed E-state index contributed by atoms with van der Waals surface area (Å²) < 4.78 is 5.60. The molecule has 5 nitrogen and oxygen atoms in total. The summed E-state index contributed by atoms with van der Waals surface area (Å²) in [4.78, 5) is 16.9. The van der Waals surface area contributed by atoms with E-state index in [-0.39, 0.29) is 5.91 Å². The van der Waals surface area contributed by atoms with Crippen molar-refractivity contribution in [2.45, 2.75) is 6.92 Å². The minimum Gasteiger partial charge on any atom is -0.489 e. The fourth-order valence-corrected chi connectivity index (χ4v) is 2.59. The Bertz CT molecular complexity index is 890. The number of hydrogen-bond acceptors (Lipinski definition) is 4. The molecule has 0 bridgehead atoms. The van der Waals surface area contributed by atoms with Gasteiger partial charge in [0, 0.05) is 11.4 Å². The summed E-state index contributed by atoms with van der Waals surface area (Å²) in [5.74, 6) is 0.555. The Balaban J connectivity index is 1.88. The molecule has 1 aliphatic heterocycles. The van der Waals surface area contributed by atoms with Crippen LogP contribution in [0.1, 0.15) is 17.3 Å². The van der Waals surface area contributed by atoms with Crippen molar-refractivity contribution in [1.29, 1.82) is 0 Å². The standard InChI is InChI=1S/C19H19N3O2/c1-3-7-14-12-15(13-20-16(14)4-2)19(23)21-22-10-11-24-18-9-6-5-8-17(18)22/h3-9,12-13H,1,10-11H2,2H3,(H,21,23)/b14-7-,16-4-. The van der Waals surface area contributed by atoms with Crippen molar-refractivity contribution in [3.05, 3.63) is 65.3 Å². The van der Waals surface area contributed by atoms with Gasteiger partial charge in [0.25, 0.3) is 5.91 Å². The summed E-state index contributed by atoms with van der Waals surface area (Å²) in [6.45, 7) is 6.72. The highest BCUT2D eigenvalue weighted by molar-refractivity contribution is 5.95. The summed E-state index contributed by atoms with van der Waals surface area (Å²) in [5, 5.41) is 3.49. The Morgan fingerprint density at radius 2 is 2.25 bits per heavy atom. The fourth-order valence-electron chi connectivity index (χ4n) is 2.59. The second-order valence-corrected chi connectivity index (χ2v) is 5.30. The van der Waals surface area contributed by atoms with Crippen LogP contribution in [-0.4, -0.2) is 24.0 Å². The van der Waals surface area contributed by atoms with Gasteiger partial charge in [-0.25, -0.2) is 0 Å². The number of hydrazine groups is 1.